The standard InChI is InChI=1S/C18H22N2O5/c1-5-25-17(23)18(2)13-12(15(21)20(3)16(13)22)14(19-18)10-6-8-11(24-4)9-7-10/h6-9,12-14,19H,5H2,1-4H3/p+1/t12-,13+,14-,18-/m0/s1. The fraction of sp³-hybridized carbons (Fsp3) is 0.500. The van der Waals surface area contributed by atoms with Crippen molar-refractivity contribution in [2.45, 2.75) is 25.4 Å². The summed E-state index contributed by atoms with van der Waals surface area (Å²) < 4.78 is 10.4. The minimum absolute atomic E-state index is 0.227. The number of carbonyl (C=O) groups excluding carboxylic acids is 3. The number of hydrogen-bond donors (Lipinski definition) is 1. The van der Waals surface area contributed by atoms with Gasteiger partial charge in [-0.2, -0.15) is 0 Å². The first-order valence-electron chi connectivity index (χ1n) is 8.33. The monoisotopic (exact) mass is 347 g/mol. The van der Waals surface area contributed by atoms with Gasteiger partial charge in [-0.05, 0) is 31.2 Å². The topological polar surface area (TPSA) is 89.5 Å². The van der Waals surface area contributed by atoms with Gasteiger partial charge >= 0.3 is 5.97 Å². The van der Waals surface area contributed by atoms with E-state index in [2.05, 4.69) is 0 Å². The van der Waals surface area contributed by atoms with Crippen LogP contribution in [0.15, 0.2) is 24.3 Å². The van der Waals surface area contributed by atoms with E-state index < -0.39 is 23.3 Å². The molecule has 25 heavy (non-hydrogen) atoms. The number of rotatable bonds is 4. The summed E-state index contributed by atoms with van der Waals surface area (Å²) >= 11 is 0. The van der Waals surface area contributed by atoms with Crippen LogP contribution in [-0.4, -0.2) is 49.0 Å². The van der Waals surface area contributed by atoms with Crippen molar-refractivity contribution in [1.29, 1.82) is 0 Å². The second kappa shape index (κ2) is 6.15. The Bertz CT molecular complexity index is 717. The van der Waals surface area contributed by atoms with Crippen LogP contribution in [0.25, 0.3) is 0 Å². The van der Waals surface area contributed by atoms with E-state index in [9.17, 15) is 14.4 Å². The van der Waals surface area contributed by atoms with Crippen molar-refractivity contribution < 1.29 is 29.2 Å². The first-order valence-corrected chi connectivity index (χ1v) is 8.33. The van der Waals surface area contributed by atoms with Crippen molar-refractivity contribution in [3.8, 4) is 5.75 Å². The number of benzene rings is 1. The van der Waals surface area contributed by atoms with Crippen molar-refractivity contribution in [2.75, 3.05) is 20.8 Å². The molecule has 0 radical (unpaired) electrons. The van der Waals surface area contributed by atoms with E-state index in [1.54, 1.807) is 21.0 Å². The van der Waals surface area contributed by atoms with Gasteiger partial charge in [0.05, 0.1) is 13.7 Å². The molecule has 0 aromatic heterocycles. The van der Waals surface area contributed by atoms with Crippen molar-refractivity contribution in [1.82, 2.24) is 4.90 Å². The molecular weight excluding hydrogens is 324 g/mol. The van der Waals surface area contributed by atoms with Crippen LogP contribution in [0, 0.1) is 11.8 Å². The van der Waals surface area contributed by atoms with Crippen LogP contribution in [0.5, 0.6) is 5.75 Å². The second-order valence-corrected chi connectivity index (χ2v) is 6.71. The molecule has 0 bridgehead atoms. The molecule has 2 N–H and O–H groups in total. The number of esters is 1. The number of ether oxygens (including phenoxy) is 2. The molecule has 3 rings (SSSR count). The highest BCUT2D eigenvalue weighted by Crippen LogP contribution is 2.44. The minimum atomic E-state index is -1.12. The van der Waals surface area contributed by atoms with Gasteiger partial charge < -0.3 is 14.8 Å². The number of likely N-dealkylation sites (tertiary alicyclic amines) is 1. The van der Waals surface area contributed by atoms with Crippen LogP contribution in [0.1, 0.15) is 25.5 Å². The highest BCUT2D eigenvalue weighted by Gasteiger charge is 2.70. The van der Waals surface area contributed by atoms with Crippen LogP contribution >= 0.6 is 0 Å². The molecule has 1 aromatic rings. The van der Waals surface area contributed by atoms with Gasteiger partial charge in [0, 0.05) is 19.5 Å². The fourth-order valence-electron chi connectivity index (χ4n) is 4.02. The molecule has 134 valence electrons. The Morgan fingerprint density at radius 1 is 1.24 bits per heavy atom. The summed E-state index contributed by atoms with van der Waals surface area (Å²) in [5, 5.41) is 1.81. The SMILES string of the molecule is CCOC(=O)[C@@]1(C)[NH2+][C@@H](c2ccc(OC)cc2)[C@H]2C(=O)N(C)C(=O)[C@@H]21. The van der Waals surface area contributed by atoms with E-state index in [0.717, 1.165) is 10.5 Å². The predicted octanol–water partition coefficient (Wildman–Crippen LogP) is -0.134. The van der Waals surface area contributed by atoms with Crippen LogP contribution in [0.2, 0.25) is 0 Å². The summed E-state index contributed by atoms with van der Waals surface area (Å²) in [6, 6.07) is 7.02. The molecule has 2 saturated heterocycles. The molecular formula is C18H23N2O5+. The summed E-state index contributed by atoms with van der Waals surface area (Å²) in [5.74, 6) is -1.63. The predicted molar refractivity (Wildman–Crippen MR) is 87.5 cm³/mol. The summed E-state index contributed by atoms with van der Waals surface area (Å²) in [7, 11) is 3.05. The van der Waals surface area contributed by atoms with Gasteiger partial charge in [0.1, 0.15) is 23.6 Å². The number of amides is 2. The third-order valence-corrected chi connectivity index (χ3v) is 5.35. The Kier molecular flexibility index (Phi) is 4.28. The summed E-state index contributed by atoms with van der Waals surface area (Å²) in [4.78, 5) is 39.1. The average Bonchev–Trinajstić information content (AvgIpc) is 3.05. The van der Waals surface area contributed by atoms with Crippen molar-refractivity contribution in [2.24, 2.45) is 11.8 Å². The van der Waals surface area contributed by atoms with E-state index >= 15 is 0 Å². The molecule has 2 aliphatic heterocycles. The summed E-state index contributed by atoms with van der Waals surface area (Å²) in [6.07, 6.45) is 0. The van der Waals surface area contributed by atoms with Gasteiger partial charge in [0.25, 0.3) is 0 Å². The molecule has 0 unspecified atom stereocenters. The number of fused-ring (bicyclic) bond motifs is 1. The van der Waals surface area contributed by atoms with E-state index in [0.29, 0.717) is 5.75 Å². The third kappa shape index (κ3) is 2.50. The van der Waals surface area contributed by atoms with E-state index in [1.807, 2.05) is 29.6 Å². The Balaban J connectivity index is 2.03. The third-order valence-electron chi connectivity index (χ3n) is 5.35. The Morgan fingerprint density at radius 2 is 1.88 bits per heavy atom. The van der Waals surface area contributed by atoms with E-state index in [-0.39, 0.29) is 24.5 Å². The van der Waals surface area contributed by atoms with Gasteiger partial charge in [-0.15, -0.1) is 0 Å². The first kappa shape index (κ1) is 17.4. The lowest BCUT2D eigenvalue weighted by Gasteiger charge is -2.25. The van der Waals surface area contributed by atoms with Crippen molar-refractivity contribution in [3.05, 3.63) is 29.8 Å². The second-order valence-electron chi connectivity index (χ2n) is 6.71. The quantitative estimate of drug-likeness (QED) is 0.605. The lowest BCUT2D eigenvalue weighted by Crippen LogP contribution is -2.97. The lowest BCUT2D eigenvalue weighted by molar-refractivity contribution is -0.731. The summed E-state index contributed by atoms with van der Waals surface area (Å²) in [6.45, 7) is 3.64. The lowest BCUT2D eigenvalue weighted by atomic mass is 9.80. The van der Waals surface area contributed by atoms with Crippen molar-refractivity contribution in [3.63, 3.8) is 0 Å². The molecule has 0 spiro atoms. The molecule has 7 nitrogen and oxygen atoms in total. The van der Waals surface area contributed by atoms with Crippen LogP contribution < -0.4 is 10.1 Å². The number of quaternary nitrogens is 1. The van der Waals surface area contributed by atoms with E-state index in [1.165, 1.54) is 7.05 Å². The first-order chi connectivity index (χ1) is 11.8. The highest BCUT2D eigenvalue weighted by molar-refractivity contribution is 6.08. The molecule has 2 heterocycles. The number of nitrogens with two attached hydrogens (primary N) is 1. The van der Waals surface area contributed by atoms with E-state index in [4.69, 9.17) is 9.47 Å². The number of hydrogen-bond acceptors (Lipinski definition) is 5. The Morgan fingerprint density at radius 3 is 2.44 bits per heavy atom. The molecule has 0 aliphatic carbocycles. The molecule has 4 atom stereocenters. The zero-order valence-electron chi connectivity index (χ0n) is 14.8. The fourth-order valence-corrected chi connectivity index (χ4v) is 4.02. The molecule has 7 heteroatoms. The largest absolute Gasteiger partial charge is 0.497 e. The zero-order chi connectivity index (χ0) is 18.4. The Labute approximate surface area is 146 Å². The average molecular weight is 347 g/mol. The maximum atomic E-state index is 12.7. The number of carbonyl (C=O) groups is 3. The van der Waals surface area contributed by atoms with Crippen LogP contribution in [0.3, 0.4) is 0 Å². The van der Waals surface area contributed by atoms with Crippen LogP contribution in [-0.2, 0) is 19.1 Å². The van der Waals surface area contributed by atoms with Gasteiger partial charge in [-0.1, -0.05) is 0 Å². The van der Waals surface area contributed by atoms with Gasteiger partial charge in [0.15, 0.2) is 0 Å². The highest BCUT2D eigenvalue weighted by atomic mass is 16.5. The molecule has 2 amide bonds. The van der Waals surface area contributed by atoms with Gasteiger partial charge in [-0.25, -0.2) is 4.79 Å². The molecule has 1 aromatic carbocycles. The molecule has 2 fully saturated rings. The number of imide groups is 1. The van der Waals surface area contributed by atoms with Gasteiger partial charge in [0.2, 0.25) is 17.4 Å². The summed E-state index contributed by atoms with van der Waals surface area (Å²) in [5.41, 5.74) is -0.247. The molecule has 0 saturated carbocycles. The normalized spacial score (nSPS) is 31.2. The minimum Gasteiger partial charge on any atom is -0.497 e. The number of nitrogens with zero attached hydrogens (tertiary/aromatic N) is 1. The molecule has 2 aliphatic rings. The van der Waals surface area contributed by atoms with Crippen molar-refractivity contribution >= 4 is 17.8 Å². The maximum absolute atomic E-state index is 12.7. The van der Waals surface area contributed by atoms with Gasteiger partial charge in [-0.3, -0.25) is 14.5 Å². The van der Waals surface area contributed by atoms with Crippen LogP contribution in [0.4, 0.5) is 0 Å². The number of methoxy groups -OCH3 is 1. The smallest absolute Gasteiger partial charge is 0.368 e. The maximum Gasteiger partial charge on any atom is 0.368 e. The zero-order valence-corrected chi connectivity index (χ0v) is 14.8. The Hall–Kier alpha value is -2.41.